The van der Waals surface area contributed by atoms with Gasteiger partial charge in [0.15, 0.2) is 0 Å². The molecular weight excluding hydrogens is 145 g/mol. The number of rotatable bonds is 2. The van der Waals surface area contributed by atoms with Crippen LogP contribution < -0.4 is 5.73 Å². The fourth-order valence-electron chi connectivity index (χ4n) is 0.761. The fourth-order valence-corrected chi connectivity index (χ4v) is 0.761. The third-order valence-electron chi connectivity index (χ3n) is 1.16. The first kappa shape index (κ1) is 7.72. The lowest BCUT2D eigenvalue weighted by Crippen LogP contribution is -2.11. The molecule has 0 aliphatic heterocycles. The van der Waals surface area contributed by atoms with Crippen molar-refractivity contribution in [3.8, 4) is 0 Å². The molecule has 1 aromatic rings. The Morgan fingerprint density at radius 3 is 2.82 bits per heavy atom. The molecule has 0 aromatic heterocycles. The number of halogens is 1. The molecule has 1 aromatic carbocycles. The van der Waals surface area contributed by atoms with E-state index in [1.165, 1.54) is 24.6 Å². The molecule has 1 radical (unpaired) electrons. The van der Waals surface area contributed by atoms with E-state index in [4.69, 9.17) is 5.73 Å². The topological polar surface area (TPSA) is 43.1 Å². The number of hydrogen-bond donors (Lipinski definition) is 1. The second-order valence-corrected chi connectivity index (χ2v) is 2.10. The Balaban J connectivity index is 2.79. The van der Waals surface area contributed by atoms with Crippen molar-refractivity contribution in [1.29, 1.82) is 0 Å². The van der Waals surface area contributed by atoms with Crippen LogP contribution in [-0.4, -0.2) is 5.91 Å². The van der Waals surface area contributed by atoms with Gasteiger partial charge in [-0.15, -0.1) is 0 Å². The van der Waals surface area contributed by atoms with E-state index in [1.54, 1.807) is 6.07 Å². The Labute approximate surface area is 63.8 Å². The van der Waals surface area contributed by atoms with Gasteiger partial charge in [-0.3, -0.25) is 4.79 Å². The summed E-state index contributed by atoms with van der Waals surface area (Å²) < 4.78 is 12.4. The quantitative estimate of drug-likeness (QED) is 0.671. The van der Waals surface area contributed by atoms with Crippen molar-refractivity contribution in [3.05, 3.63) is 42.1 Å². The normalized spacial score (nSPS) is 9.55. The van der Waals surface area contributed by atoms with Gasteiger partial charge in [0.25, 0.3) is 0 Å². The summed E-state index contributed by atoms with van der Waals surface area (Å²) in [4.78, 5) is 10.3. The molecule has 2 N–H and O–H groups in total. The maximum atomic E-state index is 12.4. The van der Waals surface area contributed by atoms with E-state index in [0.29, 0.717) is 5.56 Å². The minimum Gasteiger partial charge on any atom is -0.369 e. The van der Waals surface area contributed by atoms with E-state index in [9.17, 15) is 9.18 Å². The molecule has 0 aliphatic carbocycles. The number of nitrogens with two attached hydrogens (primary N) is 1. The van der Waals surface area contributed by atoms with Crippen LogP contribution in [0.1, 0.15) is 5.56 Å². The lowest BCUT2D eigenvalue weighted by Gasteiger charge is -1.95. The Kier molecular flexibility index (Phi) is 2.21. The summed E-state index contributed by atoms with van der Waals surface area (Å²) in [6, 6.07) is 5.67. The molecule has 0 aliphatic rings. The molecule has 0 heterocycles. The zero-order valence-electron chi connectivity index (χ0n) is 5.75. The van der Waals surface area contributed by atoms with Gasteiger partial charge in [-0.1, -0.05) is 12.1 Å². The van der Waals surface area contributed by atoms with E-state index in [2.05, 4.69) is 0 Å². The first-order valence-electron chi connectivity index (χ1n) is 3.08. The predicted octanol–water partition coefficient (Wildman–Crippen LogP) is 0.863. The van der Waals surface area contributed by atoms with Gasteiger partial charge < -0.3 is 5.73 Å². The monoisotopic (exact) mass is 152 g/mol. The van der Waals surface area contributed by atoms with Crippen molar-refractivity contribution in [1.82, 2.24) is 0 Å². The Hall–Kier alpha value is -1.38. The molecule has 1 amide bonds. The van der Waals surface area contributed by atoms with Crippen LogP contribution in [0.3, 0.4) is 0 Å². The van der Waals surface area contributed by atoms with Crippen molar-refractivity contribution in [3.63, 3.8) is 0 Å². The van der Waals surface area contributed by atoms with E-state index in [-0.39, 0.29) is 5.82 Å². The molecule has 2 nitrogen and oxygen atoms in total. The van der Waals surface area contributed by atoms with Gasteiger partial charge >= 0.3 is 0 Å². The predicted molar refractivity (Wildman–Crippen MR) is 39.0 cm³/mol. The fraction of sp³-hybridized carbons (Fsp3) is 0. The lowest BCUT2D eigenvalue weighted by molar-refractivity contribution is -0.114. The number of hydrogen-bond acceptors (Lipinski definition) is 1. The second-order valence-electron chi connectivity index (χ2n) is 2.10. The van der Waals surface area contributed by atoms with Crippen LogP contribution in [0, 0.1) is 12.2 Å². The third-order valence-corrected chi connectivity index (χ3v) is 1.16. The third kappa shape index (κ3) is 2.37. The Morgan fingerprint density at radius 2 is 2.27 bits per heavy atom. The van der Waals surface area contributed by atoms with E-state index in [1.807, 2.05) is 0 Å². The summed E-state index contributed by atoms with van der Waals surface area (Å²) >= 11 is 0. The van der Waals surface area contributed by atoms with Crippen LogP contribution in [0.15, 0.2) is 24.3 Å². The molecule has 0 bridgehead atoms. The van der Waals surface area contributed by atoms with Crippen molar-refractivity contribution >= 4 is 5.91 Å². The van der Waals surface area contributed by atoms with Crippen molar-refractivity contribution in [2.75, 3.05) is 0 Å². The van der Waals surface area contributed by atoms with Gasteiger partial charge in [0.1, 0.15) is 5.82 Å². The highest BCUT2D eigenvalue weighted by atomic mass is 19.1. The van der Waals surface area contributed by atoms with Crippen LogP contribution in [0.5, 0.6) is 0 Å². The van der Waals surface area contributed by atoms with Crippen LogP contribution >= 0.6 is 0 Å². The minimum atomic E-state index is -0.574. The van der Waals surface area contributed by atoms with Gasteiger partial charge in [0, 0.05) is 0 Å². The molecule has 0 unspecified atom stereocenters. The summed E-state index contributed by atoms with van der Waals surface area (Å²) in [5.41, 5.74) is 5.34. The summed E-state index contributed by atoms with van der Waals surface area (Å²) in [5.74, 6) is -0.949. The van der Waals surface area contributed by atoms with Crippen LogP contribution in [-0.2, 0) is 4.79 Å². The van der Waals surface area contributed by atoms with Crippen LogP contribution in [0.25, 0.3) is 0 Å². The highest BCUT2D eigenvalue weighted by Crippen LogP contribution is 2.04. The second kappa shape index (κ2) is 3.14. The number of carbonyl (C=O) groups is 1. The van der Waals surface area contributed by atoms with Gasteiger partial charge in [0.05, 0.1) is 6.42 Å². The van der Waals surface area contributed by atoms with Crippen molar-refractivity contribution in [2.24, 2.45) is 5.73 Å². The lowest BCUT2D eigenvalue weighted by atomic mass is 10.1. The Morgan fingerprint density at radius 1 is 1.55 bits per heavy atom. The molecular formula is C8H7FNO. The number of primary amides is 1. The summed E-state index contributed by atoms with van der Waals surface area (Å²) in [6.45, 7) is 0. The number of carbonyl (C=O) groups excluding carboxylic acids is 1. The van der Waals surface area contributed by atoms with Gasteiger partial charge in [-0.2, -0.15) is 0 Å². The maximum absolute atomic E-state index is 12.4. The standard InChI is InChI=1S/C8H7FNO/c9-7-3-1-2-6(4-7)5-8(10)11/h1-5H,(H2,10,11). The highest BCUT2D eigenvalue weighted by Gasteiger charge is 1.98. The molecule has 1 rings (SSSR count). The van der Waals surface area contributed by atoms with Crippen molar-refractivity contribution in [2.45, 2.75) is 0 Å². The average Bonchev–Trinajstić information content (AvgIpc) is 1.85. The number of amides is 1. The molecule has 0 saturated heterocycles. The van der Waals surface area contributed by atoms with E-state index in [0.717, 1.165) is 0 Å². The van der Waals surface area contributed by atoms with Crippen LogP contribution in [0.4, 0.5) is 4.39 Å². The highest BCUT2D eigenvalue weighted by molar-refractivity contribution is 5.86. The molecule has 3 heteroatoms. The van der Waals surface area contributed by atoms with Gasteiger partial charge in [0.2, 0.25) is 5.91 Å². The summed E-state index contributed by atoms with van der Waals surface area (Å²) in [7, 11) is 0. The minimum absolute atomic E-state index is 0.375. The SMILES string of the molecule is NC(=O)[CH]c1cccc(F)c1. The first-order valence-corrected chi connectivity index (χ1v) is 3.08. The molecule has 0 atom stereocenters. The van der Waals surface area contributed by atoms with Crippen LogP contribution in [0.2, 0.25) is 0 Å². The smallest absolute Gasteiger partial charge is 0.226 e. The molecule has 0 fully saturated rings. The first-order chi connectivity index (χ1) is 5.18. The zero-order chi connectivity index (χ0) is 8.27. The number of benzene rings is 1. The molecule has 57 valence electrons. The average molecular weight is 152 g/mol. The molecule has 0 saturated carbocycles. The maximum Gasteiger partial charge on any atom is 0.226 e. The summed E-state index contributed by atoms with van der Waals surface area (Å²) in [5, 5.41) is 0. The van der Waals surface area contributed by atoms with Gasteiger partial charge in [-0.25, -0.2) is 4.39 Å². The largest absolute Gasteiger partial charge is 0.369 e. The zero-order valence-corrected chi connectivity index (χ0v) is 5.75. The Bertz CT molecular complexity index is 273. The van der Waals surface area contributed by atoms with E-state index < -0.39 is 5.91 Å². The molecule has 11 heavy (non-hydrogen) atoms. The summed E-state index contributed by atoms with van der Waals surface area (Å²) in [6.07, 6.45) is 1.17. The van der Waals surface area contributed by atoms with E-state index >= 15 is 0 Å². The van der Waals surface area contributed by atoms with Gasteiger partial charge in [-0.05, 0) is 17.7 Å². The molecule has 0 spiro atoms. The van der Waals surface area contributed by atoms with Crippen molar-refractivity contribution < 1.29 is 9.18 Å².